The molecule has 0 N–H and O–H groups in total. The summed E-state index contributed by atoms with van der Waals surface area (Å²) in [6.07, 6.45) is 2.16. The Kier molecular flexibility index (Phi) is 11.0. The average molecular weight is 855 g/mol. The first kappa shape index (κ1) is 37.5. The number of benzene rings is 3. The number of nitrogens with zero attached hydrogens (tertiary/aromatic N) is 6. The molecule has 3 atom stereocenters. The molecule has 0 saturated carbocycles. The van der Waals surface area contributed by atoms with E-state index in [2.05, 4.69) is 27.1 Å². The fourth-order valence-corrected chi connectivity index (χ4v) is 16.2. The summed E-state index contributed by atoms with van der Waals surface area (Å²) in [5.74, 6) is -0.782. The van der Waals surface area contributed by atoms with E-state index in [-0.39, 0.29) is 43.9 Å². The maximum absolute atomic E-state index is 14.9. The summed E-state index contributed by atoms with van der Waals surface area (Å²) in [4.78, 5) is 22.6. The molecule has 3 aliphatic heterocycles. The Morgan fingerprint density at radius 3 is 2.38 bits per heavy atom. The van der Waals surface area contributed by atoms with Crippen molar-refractivity contribution >= 4 is 52.3 Å². The Balaban J connectivity index is 0.927. The van der Waals surface area contributed by atoms with Crippen LogP contribution in [0.2, 0.25) is 8.35 Å². The number of hydrogen-bond acceptors (Lipinski definition) is 10. The molecule has 3 saturated heterocycles. The van der Waals surface area contributed by atoms with E-state index in [0.717, 1.165) is 39.5 Å². The predicted molar refractivity (Wildman–Crippen MR) is 194 cm³/mol. The van der Waals surface area contributed by atoms with Crippen LogP contribution in [0, 0.1) is 11.6 Å². The number of amides is 2. The minimum atomic E-state index is -3.76. The molecular weight excluding hydrogens is 813 g/mol. The molecule has 13 nitrogen and oxygen atoms in total. The van der Waals surface area contributed by atoms with Gasteiger partial charge < -0.3 is 0 Å². The summed E-state index contributed by atoms with van der Waals surface area (Å²) in [7, 11) is -3.76. The monoisotopic (exact) mass is 854 g/mol. The van der Waals surface area contributed by atoms with Gasteiger partial charge in [0, 0.05) is 11.6 Å². The van der Waals surface area contributed by atoms with E-state index in [1.165, 1.54) is 37.7 Å². The number of anilines is 2. The molecule has 3 fully saturated rings. The predicted octanol–water partition coefficient (Wildman–Crippen LogP) is 4.08. The van der Waals surface area contributed by atoms with E-state index < -0.39 is 61.3 Å². The first-order valence-corrected chi connectivity index (χ1v) is 25.6. The molecule has 280 valence electrons. The standard InChI is InChI=1S/C23H24F2N4O3.C13H17N2O4S.In/c1-3-28(4-2)18-6-8-19(9-7-18)30-12-22-31-14-23(32-22,13-29-16-26-15-27-29)20-10-5-17(24)11-21(20)25;1-10(2)14-9-12(19-20(3,17)18)15(13(14)16)11-7-5-4-6-8-11;/h5-11,15-16,22H,1-4,12-14H2;5-8,10,12H,9H2,1-3H3;/t22-,23+;;/m0../s1. The van der Waals surface area contributed by atoms with Crippen molar-refractivity contribution in [3.8, 4) is 5.75 Å². The van der Waals surface area contributed by atoms with Gasteiger partial charge in [-0.15, -0.1) is 0 Å². The first-order chi connectivity index (χ1) is 25.4. The number of carbonyl (C=O) groups excluding carboxylic acids is 1. The molecule has 0 radical (unpaired) electrons. The molecule has 4 heterocycles. The van der Waals surface area contributed by atoms with Gasteiger partial charge in [-0.25, -0.2) is 18.4 Å². The van der Waals surface area contributed by atoms with Crippen molar-refractivity contribution < 1.29 is 40.4 Å². The molecule has 0 bridgehead atoms. The van der Waals surface area contributed by atoms with Gasteiger partial charge >= 0.3 is 238 Å². The number of urea groups is 1. The molecule has 17 heteroatoms. The Hall–Kier alpha value is -3.77. The van der Waals surface area contributed by atoms with Gasteiger partial charge in [0.1, 0.15) is 24.3 Å². The van der Waals surface area contributed by atoms with Crippen LogP contribution in [0.3, 0.4) is 0 Å². The molecule has 3 aromatic carbocycles. The van der Waals surface area contributed by atoms with Gasteiger partial charge in [-0.2, -0.15) is 5.10 Å². The zero-order valence-electron chi connectivity index (χ0n) is 29.7. The second kappa shape index (κ2) is 15.5. The van der Waals surface area contributed by atoms with Crippen molar-refractivity contribution in [2.75, 3.05) is 48.9 Å². The van der Waals surface area contributed by atoms with Crippen molar-refractivity contribution in [1.29, 1.82) is 0 Å². The third-order valence-corrected chi connectivity index (χ3v) is 19.7. The third kappa shape index (κ3) is 8.48. The topological polar surface area (TPSA) is 129 Å². The van der Waals surface area contributed by atoms with Crippen LogP contribution in [0.4, 0.5) is 25.0 Å². The van der Waals surface area contributed by atoms with Crippen LogP contribution in [0.25, 0.3) is 0 Å². The van der Waals surface area contributed by atoms with Crippen LogP contribution in [-0.4, -0.2) is 113 Å². The van der Waals surface area contributed by atoms with Gasteiger partial charge in [0.2, 0.25) is 0 Å². The summed E-state index contributed by atoms with van der Waals surface area (Å²) in [5, 5.41) is 4.13. The van der Waals surface area contributed by atoms with Crippen LogP contribution < -0.4 is 17.9 Å². The molecule has 0 aliphatic carbocycles. The van der Waals surface area contributed by atoms with Gasteiger partial charge in [0.25, 0.3) is 0 Å². The minimum absolute atomic E-state index is 0.0173. The van der Waals surface area contributed by atoms with Crippen LogP contribution in [-0.2, 0) is 35.9 Å². The van der Waals surface area contributed by atoms with Gasteiger partial charge in [0.05, 0.1) is 6.54 Å². The summed E-state index contributed by atoms with van der Waals surface area (Å²) in [6.45, 7) is 6.04. The second-order valence-corrected chi connectivity index (χ2v) is 24.7. The average Bonchev–Trinajstić information content (AvgIpc) is 3.87. The zero-order valence-corrected chi connectivity index (χ0v) is 33.8. The van der Waals surface area contributed by atoms with E-state index in [9.17, 15) is 22.0 Å². The molecule has 1 unspecified atom stereocenters. The Bertz CT molecular complexity index is 2000. The van der Waals surface area contributed by atoms with Crippen molar-refractivity contribution in [3.63, 3.8) is 0 Å². The number of rotatable bonds is 12. The van der Waals surface area contributed by atoms with E-state index in [4.69, 9.17) is 18.4 Å². The maximum atomic E-state index is 14.9. The van der Waals surface area contributed by atoms with Gasteiger partial charge in [-0.1, -0.05) is 6.07 Å². The van der Waals surface area contributed by atoms with Crippen LogP contribution in [0.15, 0.2) is 79.4 Å². The van der Waals surface area contributed by atoms with Crippen molar-refractivity contribution in [2.24, 2.45) is 0 Å². The van der Waals surface area contributed by atoms with E-state index in [1.807, 2.05) is 50.2 Å². The fraction of sp³-hybridized carbons (Fsp3) is 0.417. The summed E-state index contributed by atoms with van der Waals surface area (Å²) in [6, 6.07) is 18.9. The fourth-order valence-electron chi connectivity index (χ4n) is 7.24. The Morgan fingerprint density at radius 1 is 1.02 bits per heavy atom. The summed E-state index contributed by atoms with van der Waals surface area (Å²) < 4.78 is 81.1. The molecule has 3 aliphatic rings. The van der Waals surface area contributed by atoms with Gasteiger partial charge in [-0.05, 0) is 6.07 Å². The van der Waals surface area contributed by atoms with Crippen molar-refractivity contribution in [3.05, 3.63) is 96.6 Å². The number of ether oxygens (including phenoxy) is 3. The third-order valence-electron chi connectivity index (χ3n) is 9.89. The Morgan fingerprint density at radius 2 is 1.74 bits per heavy atom. The SMILES string of the molecule is CC(C)N1CC(OS(C)(=O)=O)N(c2cc[c]([In]3[CH2]CN(c4ccc(OC[C@H]5OC[C@](Cn6cncn6)(c6ccc(F)cc6F)O5)cc4)C[CH2]3)cc2)C1=O. The molecule has 4 aromatic rings. The van der Waals surface area contributed by atoms with Gasteiger partial charge in [-0.3, -0.25) is 0 Å². The van der Waals surface area contributed by atoms with Crippen molar-refractivity contribution in [2.45, 2.75) is 52.9 Å². The van der Waals surface area contributed by atoms with Crippen LogP contribution in [0.5, 0.6) is 5.75 Å². The number of carbonyl (C=O) groups is 1. The molecule has 53 heavy (non-hydrogen) atoms. The quantitative estimate of drug-likeness (QED) is 0.193. The molecule has 7 rings (SSSR count). The normalized spacial score (nSPS) is 22.3. The molecule has 0 spiro atoms. The second-order valence-electron chi connectivity index (χ2n) is 13.9. The number of aromatic nitrogens is 3. The van der Waals surface area contributed by atoms with Gasteiger partial charge in [0.15, 0.2) is 0 Å². The Labute approximate surface area is 315 Å². The molecular formula is C36H41F2InN6O7S. The van der Waals surface area contributed by atoms with Crippen LogP contribution >= 0.6 is 0 Å². The van der Waals surface area contributed by atoms with E-state index in [1.54, 1.807) is 4.90 Å². The summed E-state index contributed by atoms with van der Waals surface area (Å²) in [5.41, 5.74) is 0.644. The molecule has 1 aromatic heterocycles. The summed E-state index contributed by atoms with van der Waals surface area (Å²) >= 11 is -2.10. The van der Waals surface area contributed by atoms with E-state index in [0.29, 0.717) is 11.4 Å². The zero-order chi connectivity index (χ0) is 37.3. The number of hydrogen-bond donors (Lipinski definition) is 0. The van der Waals surface area contributed by atoms with E-state index >= 15 is 0 Å². The first-order valence-electron chi connectivity index (χ1n) is 17.5. The van der Waals surface area contributed by atoms with Crippen molar-refractivity contribution in [1.82, 2.24) is 19.7 Å². The molecule has 2 amide bonds. The number of halogens is 2. The van der Waals surface area contributed by atoms with Crippen LogP contribution in [0.1, 0.15) is 19.4 Å².